The average molecular weight is 199 g/mol. The van der Waals surface area contributed by atoms with E-state index in [1.165, 1.54) is 0 Å². The lowest BCUT2D eigenvalue weighted by molar-refractivity contribution is 0.0987. The van der Waals surface area contributed by atoms with Crippen LogP contribution in [0.1, 0.15) is 17.3 Å². The molecule has 0 bridgehead atoms. The fourth-order valence-corrected chi connectivity index (χ4v) is 1.04. The maximum atomic E-state index is 13.0. The molecule has 0 saturated carbocycles. The number of hydrogen-bond acceptors (Lipinski definition) is 2. The van der Waals surface area contributed by atoms with Crippen LogP contribution in [-0.4, -0.2) is 18.9 Å². The van der Waals surface area contributed by atoms with Crippen LogP contribution in [0.5, 0.6) is 0 Å². The number of carbonyl (C=O) groups excluding carboxylic acids is 1. The van der Waals surface area contributed by atoms with Gasteiger partial charge in [-0.05, 0) is 24.7 Å². The third-order valence-electron chi connectivity index (χ3n) is 1.76. The lowest BCUT2D eigenvalue weighted by Crippen LogP contribution is -2.23. The third kappa shape index (κ3) is 2.60. The van der Waals surface area contributed by atoms with Crippen LogP contribution in [0.15, 0.2) is 18.2 Å². The van der Waals surface area contributed by atoms with Crippen molar-refractivity contribution in [2.45, 2.75) is 6.92 Å². The third-order valence-corrected chi connectivity index (χ3v) is 1.76. The standard InChI is InChI=1S/C10H11F2NO/c1-2-13-6-10(14)8-5-7(11)3-4-9(8)12/h3-5,13H,2,6H2,1H3. The van der Waals surface area contributed by atoms with Crippen LogP contribution >= 0.6 is 0 Å². The Morgan fingerprint density at radius 1 is 1.43 bits per heavy atom. The summed E-state index contributed by atoms with van der Waals surface area (Å²) >= 11 is 0. The first kappa shape index (κ1) is 10.8. The molecule has 0 saturated heterocycles. The van der Waals surface area contributed by atoms with E-state index >= 15 is 0 Å². The number of nitrogens with one attached hydrogen (secondary N) is 1. The molecule has 0 atom stereocenters. The Hall–Kier alpha value is -1.29. The Morgan fingerprint density at radius 3 is 2.79 bits per heavy atom. The summed E-state index contributed by atoms with van der Waals surface area (Å²) in [5.74, 6) is -1.73. The highest BCUT2D eigenvalue weighted by atomic mass is 19.1. The van der Waals surface area contributed by atoms with E-state index < -0.39 is 17.4 Å². The first-order valence-electron chi connectivity index (χ1n) is 4.34. The molecule has 0 fully saturated rings. The molecule has 0 aliphatic heterocycles. The lowest BCUT2D eigenvalue weighted by atomic mass is 10.1. The molecule has 1 aromatic carbocycles. The van der Waals surface area contributed by atoms with Crippen molar-refractivity contribution in [2.75, 3.05) is 13.1 Å². The highest BCUT2D eigenvalue weighted by Gasteiger charge is 2.11. The molecule has 1 aromatic rings. The number of rotatable bonds is 4. The number of carbonyl (C=O) groups is 1. The van der Waals surface area contributed by atoms with Crippen LogP contribution in [0.25, 0.3) is 0 Å². The van der Waals surface area contributed by atoms with Crippen molar-refractivity contribution in [3.05, 3.63) is 35.4 Å². The Balaban J connectivity index is 2.83. The van der Waals surface area contributed by atoms with Gasteiger partial charge in [0.25, 0.3) is 0 Å². The molecule has 0 amide bonds. The number of benzene rings is 1. The van der Waals surface area contributed by atoms with Crippen molar-refractivity contribution < 1.29 is 13.6 Å². The van der Waals surface area contributed by atoms with Crippen LogP contribution < -0.4 is 5.32 Å². The molecule has 0 radical (unpaired) electrons. The second-order valence-electron chi connectivity index (χ2n) is 2.83. The van der Waals surface area contributed by atoms with Gasteiger partial charge in [0, 0.05) is 0 Å². The number of ketones is 1. The average Bonchev–Trinajstić information content (AvgIpc) is 2.18. The van der Waals surface area contributed by atoms with Gasteiger partial charge in [0.15, 0.2) is 5.78 Å². The van der Waals surface area contributed by atoms with E-state index in [9.17, 15) is 13.6 Å². The van der Waals surface area contributed by atoms with Crippen molar-refractivity contribution >= 4 is 5.78 Å². The van der Waals surface area contributed by atoms with Gasteiger partial charge in [0.2, 0.25) is 0 Å². The minimum Gasteiger partial charge on any atom is -0.310 e. The van der Waals surface area contributed by atoms with Gasteiger partial charge in [-0.1, -0.05) is 6.92 Å². The summed E-state index contributed by atoms with van der Waals surface area (Å²) < 4.78 is 25.7. The second kappa shape index (κ2) is 4.81. The van der Waals surface area contributed by atoms with Crippen molar-refractivity contribution in [3.8, 4) is 0 Å². The van der Waals surface area contributed by atoms with E-state index in [0.29, 0.717) is 6.54 Å². The highest BCUT2D eigenvalue weighted by Crippen LogP contribution is 2.09. The van der Waals surface area contributed by atoms with E-state index in [-0.39, 0.29) is 12.1 Å². The van der Waals surface area contributed by atoms with E-state index in [1.807, 2.05) is 6.92 Å². The monoisotopic (exact) mass is 199 g/mol. The summed E-state index contributed by atoms with van der Waals surface area (Å²) in [4.78, 5) is 11.3. The summed E-state index contributed by atoms with van der Waals surface area (Å²) in [6.45, 7) is 2.47. The van der Waals surface area contributed by atoms with E-state index in [0.717, 1.165) is 18.2 Å². The molecule has 1 rings (SSSR count). The number of Topliss-reactive ketones (excluding diaryl/α,β-unsaturated/α-hetero) is 1. The van der Waals surface area contributed by atoms with Crippen LogP contribution in [-0.2, 0) is 0 Å². The smallest absolute Gasteiger partial charge is 0.179 e. The zero-order valence-corrected chi connectivity index (χ0v) is 7.81. The Morgan fingerprint density at radius 2 is 2.14 bits per heavy atom. The van der Waals surface area contributed by atoms with Crippen molar-refractivity contribution in [3.63, 3.8) is 0 Å². The van der Waals surface area contributed by atoms with E-state index in [2.05, 4.69) is 5.32 Å². The van der Waals surface area contributed by atoms with E-state index in [1.54, 1.807) is 0 Å². The molecule has 2 nitrogen and oxygen atoms in total. The van der Waals surface area contributed by atoms with Crippen LogP contribution in [0, 0.1) is 11.6 Å². The molecule has 0 aromatic heterocycles. The first-order valence-corrected chi connectivity index (χ1v) is 4.34. The zero-order chi connectivity index (χ0) is 10.6. The van der Waals surface area contributed by atoms with Crippen molar-refractivity contribution in [2.24, 2.45) is 0 Å². The van der Waals surface area contributed by atoms with Gasteiger partial charge in [-0.2, -0.15) is 0 Å². The fourth-order valence-electron chi connectivity index (χ4n) is 1.04. The topological polar surface area (TPSA) is 29.1 Å². The molecule has 14 heavy (non-hydrogen) atoms. The summed E-state index contributed by atoms with van der Waals surface area (Å²) in [6.07, 6.45) is 0. The molecule has 1 N–H and O–H groups in total. The normalized spacial score (nSPS) is 10.2. The zero-order valence-electron chi connectivity index (χ0n) is 7.81. The molecule has 0 aliphatic rings. The summed E-state index contributed by atoms with van der Waals surface area (Å²) in [6, 6.07) is 2.85. The van der Waals surface area contributed by atoms with Crippen molar-refractivity contribution in [1.82, 2.24) is 5.32 Å². The van der Waals surface area contributed by atoms with Gasteiger partial charge in [-0.3, -0.25) is 4.79 Å². The van der Waals surface area contributed by atoms with Gasteiger partial charge >= 0.3 is 0 Å². The van der Waals surface area contributed by atoms with Crippen LogP contribution in [0.4, 0.5) is 8.78 Å². The lowest BCUT2D eigenvalue weighted by Gasteiger charge is -2.02. The van der Waals surface area contributed by atoms with Crippen LogP contribution in [0.3, 0.4) is 0 Å². The molecule has 0 unspecified atom stereocenters. The van der Waals surface area contributed by atoms with Crippen LogP contribution in [0.2, 0.25) is 0 Å². The summed E-state index contributed by atoms with van der Waals surface area (Å²) in [7, 11) is 0. The second-order valence-corrected chi connectivity index (χ2v) is 2.83. The maximum absolute atomic E-state index is 13.0. The van der Waals surface area contributed by atoms with Crippen molar-refractivity contribution in [1.29, 1.82) is 0 Å². The molecule has 0 spiro atoms. The van der Waals surface area contributed by atoms with Gasteiger partial charge in [-0.15, -0.1) is 0 Å². The van der Waals surface area contributed by atoms with Gasteiger partial charge in [0.1, 0.15) is 11.6 Å². The number of hydrogen-bond donors (Lipinski definition) is 1. The molecule has 0 heterocycles. The summed E-state index contributed by atoms with van der Waals surface area (Å²) in [5, 5.41) is 2.75. The molecule has 76 valence electrons. The van der Waals surface area contributed by atoms with Gasteiger partial charge in [-0.25, -0.2) is 8.78 Å². The molecule has 0 aliphatic carbocycles. The molecular formula is C10H11F2NO. The molecule has 4 heteroatoms. The predicted molar refractivity (Wildman–Crippen MR) is 49.2 cm³/mol. The number of halogens is 2. The fraction of sp³-hybridized carbons (Fsp3) is 0.300. The predicted octanol–water partition coefficient (Wildman–Crippen LogP) is 1.76. The highest BCUT2D eigenvalue weighted by molar-refractivity contribution is 5.97. The Labute approximate surface area is 80.9 Å². The quantitative estimate of drug-likeness (QED) is 0.748. The SMILES string of the molecule is CCNCC(=O)c1cc(F)ccc1F. The largest absolute Gasteiger partial charge is 0.310 e. The summed E-state index contributed by atoms with van der Waals surface area (Å²) in [5.41, 5.74) is -0.203. The van der Waals surface area contributed by atoms with Gasteiger partial charge < -0.3 is 5.32 Å². The maximum Gasteiger partial charge on any atom is 0.179 e. The minimum absolute atomic E-state index is 0.0247. The first-order chi connectivity index (χ1) is 6.65. The van der Waals surface area contributed by atoms with Gasteiger partial charge in [0.05, 0.1) is 12.1 Å². The Bertz CT molecular complexity index is 339. The number of likely N-dealkylation sites (N-methyl/N-ethyl adjacent to an activating group) is 1. The molecular weight excluding hydrogens is 188 g/mol. The van der Waals surface area contributed by atoms with E-state index in [4.69, 9.17) is 0 Å². The minimum atomic E-state index is -0.686. The Kier molecular flexibility index (Phi) is 3.71.